The van der Waals surface area contributed by atoms with Crippen LogP contribution in [0.1, 0.15) is 11.4 Å². The molecule has 0 bridgehead atoms. The molecule has 0 unspecified atom stereocenters. The van der Waals surface area contributed by atoms with Gasteiger partial charge in [0.2, 0.25) is 5.91 Å². The maximum Gasteiger partial charge on any atom is 0.365 e. The van der Waals surface area contributed by atoms with Crippen LogP contribution in [0.2, 0.25) is 0 Å². The standard InChI is InChI=1S/C20H19N5O4/c1-13-3-7-15(8-4-13)23-11-17-22-19(27)24(25(17)20(23)28)12-18(26)21-14-5-9-16(29-2)10-6-14/h3-10H,11-12H2,1-2H3,(H,21,26). The quantitative estimate of drug-likeness (QED) is 0.715. The molecule has 2 heterocycles. The van der Waals surface area contributed by atoms with Gasteiger partial charge in [-0.25, -0.2) is 14.3 Å². The fourth-order valence-electron chi connectivity index (χ4n) is 3.16. The van der Waals surface area contributed by atoms with Crippen molar-refractivity contribution in [3.05, 3.63) is 70.4 Å². The Balaban J connectivity index is 1.53. The van der Waals surface area contributed by atoms with Crippen LogP contribution in [-0.4, -0.2) is 33.4 Å². The molecule has 0 atom stereocenters. The number of nitrogens with one attached hydrogen (secondary N) is 1. The molecule has 0 aliphatic carbocycles. The van der Waals surface area contributed by atoms with Gasteiger partial charge in [-0.15, -0.1) is 0 Å². The minimum atomic E-state index is -0.637. The van der Waals surface area contributed by atoms with Gasteiger partial charge >= 0.3 is 11.7 Å². The van der Waals surface area contributed by atoms with Gasteiger partial charge in [-0.3, -0.25) is 9.69 Å². The van der Waals surface area contributed by atoms with Crippen LogP contribution in [0.25, 0.3) is 0 Å². The Labute approximate surface area is 166 Å². The highest BCUT2D eigenvalue weighted by Crippen LogP contribution is 2.23. The lowest BCUT2D eigenvalue weighted by Crippen LogP contribution is -2.36. The molecule has 1 N–H and O–H groups in total. The largest absolute Gasteiger partial charge is 0.497 e. The predicted octanol–water partition coefficient (Wildman–Crippen LogP) is 1.99. The molecule has 9 nitrogen and oxygen atoms in total. The van der Waals surface area contributed by atoms with Crippen molar-refractivity contribution in [2.24, 2.45) is 0 Å². The number of amides is 2. The lowest BCUT2D eigenvalue weighted by Gasteiger charge is -2.16. The van der Waals surface area contributed by atoms with Crippen molar-refractivity contribution < 1.29 is 14.3 Å². The number of nitrogens with zero attached hydrogens (tertiary/aromatic N) is 4. The van der Waals surface area contributed by atoms with E-state index < -0.39 is 17.6 Å². The van der Waals surface area contributed by atoms with Crippen LogP contribution in [0.4, 0.5) is 16.2 Å². The number of anilines is 2. The van der Waals surface area contributed by atoms with Crippen LogP contribution < -0.4 is 20.6 Å². The molecule has 1 aromatic heterocycles. The first-order valence-corrected chi connectivity index (χ1v) is 8.97. The molecule has 0 saturated carbocycles. The summed E-state index contributed by atoms with van der Waals surface area (Å²) in [5.41, 5.74) is 1.69. The van der Waals surface area contributed by atoms with Gasteiger partial charge in [-0.2, -0.15) is 9.67 Å². The van der Waals surface area contributed by atoms with E-state index in [0.29, 0.717) is 22.9 Å². The Morgan fingerprint density at radius 3 is 2.45 bits per heavy atom. The van der Waals surface area contributed by atoms with Crippen LogP contribution in [0.15, 0.2) is 53.3 Å². The number of carbonyl (C=O) groups excluding carboxylic acids is 2. The maximum absolute atomic E-state index is 12.9. The fraction of sp³-hybridized carbons (Fsp3) is 0.200. The average Bonchev–Trinajstić information content (AvgIpc) is 3.19. The van der Waals surface area contributed by atoms with Gasteiger partial charge in [-0.1, -0.05) is 17.7 Å². The van der Waals surface area contributed by atoms with Crippen molar-refractivity contribution in [3.63, 3.8) is 0 Å². The van der Waals surface area contributed by atoms with Gasteiger partial charge in [-0.05, 0) is 43.3 Å². The van der Waals surface area contributed by atoms with E-state index in [1.807, 2.05) is 31.2 Å². The topological polar surface area (TPSA) is 98.5 Å². The Morgan fingerprint density at radius 2 is 1.79 bits per heavy atom. The third-order valence-corrected chi connectivity index (χ3v) is 4.66. The molecule has 2 aromatic carbocycles. The number of hydrogen-bond acceptors (Lipinski definition) is 5. The van der Waals surface area contributed by atoms with Gasteiger partial charge in [0.25, 0.3) is 0 Å². The molecule has 2 amide bonds. The number of benzene rings is 2. The molecule has 0 fully saturated rings. The fourth-order valence-corrected chi connectivity index (χ4v) is 3.16. The second kappa shape index (κ2) is 7.27. The van der Waals surface area contributed by atoms with Crippen LogP contribution in [0.5, 0.6) is 5.75 Å². The average molecular weight is 393 g/mol. The number of aryl methyl sites for hydroxylation is 1. The monoisotopic (exact) mass is 393 g/mol. The number of ether oxygens (including phenoxy) is 1. The highest BCUT2D eigenvalue weighted by atomic mass is 16.5. The van der Waals surface area contributed by atoms with Crippen LogP contribution in [-0.2, 0) is 17.9 Å². The van der Waals surface area contributed by atoms with E-state index in [1.165, 1.54) is 4.90 Å². The SMILES string of the molecule is COc1ccc(NC(=O)Cn2c(=O)nc3n2C(=O)N(c2ccc(C)cc2)C3)cc1. The summed E-state index contributed by atoms with van der Waals surface area (Å²) in [6, 6.07) is 13.8. The summed E-state index contributed by atoms with van der Waals surface area (Å²) in [6.07, 6.45) is 0. The molecule has 1 aliphatic rings. The molecule has 0 spiro atoms. The van der Waals surface area contributed by atoms with Crippen molar-refractivity contribution in [3.8, 4) is 5.75 Å². The van der Waals surface area contributed by atoms with E-state index in [-0.39, 0.29) is 13.1 Å². The highest BCUT2D eigenvalue weighted by molar-refractivity contribution is 5.96. The van der Waals surface area contributed by atoms with E-state index in [2.05, 4.69) is 10.3 Å². The van der Waals surface area contributed by atoms with Gasteiger partial charge in [0.05, 0.1) is 13.7 Å². The summed E-state index contributed by atoms with van der Waals surface area (Å²) in [5.74, 6) is 0.522. The smallest absolute Gasteiger partial charge is 0.365 e. The molecule has 0 radical (unpaired) electrons. The van der Waals surface area contributed by atoms with Crippen molar-refractivity contribution in [2.45, 2.75) is 20.0 Å². The molecular weight excluding hydrogens is 374 g/mol. The molecule has 9 heteroatoms. The van der Waals surface area contributed by atoms with Crippen LogP contribution in [0, 0.1) is 6.92 Å². The molecule has 4 rings (SSSR count). The normalized spacial score (nSPS) is 12.8. The van der Waals surface area contributed by atoms with E-state index in [0.717, 1.165) is 14.9 Å². The second-order valence-electron chi connectivity index (χ2n) is 6.66. The molecule has 0 saturated heterocycles. The molecule has 3 aromatic rings. The maximum atomic E-state index is 12.9. The minimum absolute atomic E-state index is 0.171. The minimum Gasteiger partial charge on any atom is -0.497 e. The molecule has 148 valence electrons. The third-order valence-electron chi connectivity index (χ3n) is 4.66. The van der Waals surface area contributed by atoms with E-state index >= 15 is 0 Å². The summed E-state index contributed by atoms with van der Waals surface area (Å²) in [4.78, 5) is 42.9. The van der Waals surface area contributed by atoms with Crippen molar-refractivity contribution >= 4 is 23.3 Å². The number of methoxy groups -OCH3 is 1. The first kappa shape index (κ1) is 18.5. The van der Waals surface area contributed by atoms with Crippen molar-refractivity contribution in [2.75, 3.05) is 17.3 Å². The zero-order valence-corrected chi connectivity index (χ0v) is 16.0. The van der Waals surface area contributed by atoms with Crippen molar-refractivity contribution in [1.29, 1.82) is 0 Å². The number of carbonyl (C=O) groups is 2. The van der Waals surface area contributed by atoms with Crippen LogP contribution in [0.3, 0.4) is 0 Å². The molecule has 29 heavy (non-hydrogen) atoms. The van der Waals surface area contributed by atoms with Gasteiger partial charge in [0.15, 0.2) is 5.82 Å². The first-order chi connectivity index (χ1) is 14.0. The second-order valence-corrected chi connectivity index (χ2v) is 6.66. The number of aromatic nitrogens is 3. The Kier molecular flexibility index (Phi) is 4.63. The Hall–Kier alpha value is -3.88. The summed E-state index contributed by atoms with van der Waals surface area (Å²) in [5, 5.41) is 2.69. The lowest BCUT2D eigenvalue weighted by atomic mass is 10.2. The van der Waals surface area contributed by atoms with E-state index in [1.54, 1.807) is 31.4 Å². The van der Waals surface area contributed by atoms with E-state index in [4.69, 9.17) is 4.74 Å². The highest BCUT2D eigenvalue weighted by Gasteiger charge is 2.33. The molecular formula is C20H19N5O4. The lowest BCUT2D eigenvalue weighted by molar-refractivity contribution is -0.117. The zero-order chi connectivity index (χ0) is 20.5. The van der Waals surface area contributed by atoms with Gasteiger partial charge < -0.3 is 10.1 Å². The Bertz CT molecular complexity index is 1130. The Morgan fingerprint density at radius 1 is 1.10 bits per heavy atom. The summed E-state index contributed by atoms with van der Waals surface area (Å²) in [6.45, 7) is 1.80. The summed E-state index contributed by atoms with van der Waals surface area (Å²) in [7, 11) is 1.55. The van der Waals surface area contributed by atoms with Crippen molar-refractivity contribution in [1.82, 2.24) is 14.3 Å². The number of rotatable bonds is 5. The van der Waals surface area contributed by atoms with Crippen LogP contribution >= 0.6 is 0 Å². The van der Waals surface area contributed by atoms with Gasteiger partial charge in [0.1, 0.15) is 12.3 Å². The van der Waals surface area contributed by atoms with E-state index in [9.17, 15) is 14.4 Å². The number of fused-ring (bicyclic) bond motifs is 1. The zero-order valence-electron chi connectivity index (χ0n) is 16.0. The predicted molar refractivity (Wildman–Crippen MR) is 106 cm³/mol. The molecule has 1 aliphatic heterocycles. The third kappa shape index (κ3) is 3.49. The summed E-state index contributed by atoms with van der Waals surface area (Å²) < 4.78 is 7.29. The number of hydrogen-bond donors (Lipinski definition) is 1. The summed E-state index contributed by atoms with van der Waals surface area (Å²) >= 11 is 0. The first-order valence-electron chi connectivity index (χ1n) is 8.97. The van der Waals surface area contributed by atoms with Gasteiger partial charge in [0, 0.05) is 11.4 Å².